The fourth-order valence-electron chi connectivity index (χ4n) is 3.59. The molecule has 1 N–H and O–H groups in total. The van der Waals surface area contributed by atoms with E-state index in [2.05, 4.69) is 5.32 Å². The smallest absolute Gasteiger partial charge is 0.336 e. The van der Waals surface area contributed by atoms with Crippen molar-refractivity contribution >= 4 is 23.5 Å². The van der Waals surface area contributed by atoms with E-state index in [0.717, 1.165) is 40.3 Å². The number of dihydropyridines is 1. The SMILES string of the molecule is CCOC(=O)C1=C(C)NC2=C(C(=O)CCC2)[C@H]1c1ccc(SC)cc1. The van der Waals surface area contributed by atoms with Crippen LogP contribution in [0, 0.1) is 0 Å². The van der Waals surface area contributed by atoms with Crippen LogP contribution in [0.1, 0.15) is 44.6 Å². The van der Waals surface area contributed by atoms with Gasteiger partial charge in [-0.2, -0.15) is 0 Å². The molecule has 0 saturated carbocycles. The number of esters is 1. The Hall–Kier alpha value is -2.01. The van der Waals surface area contributed by atoms with Crippen LogP contribution in [0.15, 0.2) is 51.7 Å². The Kier molecular flexibility index (Phi) is 5.33. The summed E-state index contributed by atoms with van der Waals surface area (Å²) >= 11 is 1.67. The highest BCUT2D eigenvalue weighted by Crippen LogP contribution is 2.42. The van der Waals surface area contributed by atoms with Crippen LogP contribution >= 0.6 is 11.8 Å². The summed E-state index contributed by atoms with van der Waals surface area (Å²) in [6.07, 6.45) is 4.26. The van der Waals surface area contributed by atoms with Crippen LogP contribution in [0.5, 0.6) is 0 Å². The van der Waals surface area contributed by atoms with E-state index in [1.807, 2.05) is 37.4 Å². The normalized spacial score (nSPS) is 20.3. The molecule has 4 nitrogen and oxygen atoms in total. The first-order chi connectivity index (χ1) is 12.1. The van der Waals surface area contributed by atoms with E-state index in [1.165, 1.54) is 0 Å². The molecule has 2 aliphatic rings. The first-order valence-electron chi connectivity index (χ1n) is 8.62. The molecule has 0 saturated heterocycles. The molecule has 5 heteroatoms. The summed E-state index contributed by atoms with van der Waals surface area (Å²) in [4.78, 5) is 26.5. The van der Waals surface area contributed by atoms with Gasteiger partial charge in [0, 0.05) is 34.2 Å². The fraction of sp³-hybridized carbons (Fsp3) is 0.400. The summed E-state index contributed by atoms with van der Waals surface area (Å²) in [5, 5.41) is 3.29. The minimum atomic E-state index is -0.351. The van der Waals surface area contributed by atoms with E-state index in [9.17, 15) is 9.59 Å². The quantitative estimate of drug-likeness (QED) is 0.653. The number of ether oxygens (including phenoxy) is 1. The Balaban J connectivity index is 2.13. The zero-order valence-electron chi connectivity index (χ0n) is 14.8. The summed E-state index contributed by atoms with van der Waals surface area (Å²) in [5.74, 6) is -0.572. The lowest BCUT2D eigenvalue weighted by Gasteiger charge is -2.34. The molecular formula is C20H23NO3S. The number of hydrogen-bond acceptors (Lipinski definition) is 5. The molecule has 132 valence electrons. The predicted octanol–water partition coefficient (Wildman–Crippen LogP) is 3.94. The van der Waals surface area contributed by atoms with Gasteiger partial charge < -0.3 is 10.1 Å². The molecule has 1 aliphatic carbocycles. The Morgan fingerprint density at radius 2 is 2.00 bits per heavy atom. The maximum atomic E-state index is 12.7. The maximum Gasteiger partial charge on any atom is 0.336 e. The number of benzene rings is 1. The highest BCUT2D eigenvalue weighted by atomic mass is 32.2. The molecule has 0 fully saturated rings. The molecule has 0 aromatic heterocycles. The van der Waals surface area contributed by atoms with Crippen LogP contribution in [-0.2, 0) is 14.3 Å². The summed E-state index contributed by atoms with van der Waals surface area (Å²) in [7, 11) is 0. The molecule has 0 spiro atoms. The number of Topliss-reactive ketones (excluding diaryl/α,β-unsaturated/α-hetero) is 1. The molecule has 0 radical (unpaired) electrons. The molecule has 0 unspecified atom stereocenters. The molecule has 1 aliphatic heterocycles. The van der Waals surface area contributed by atoms with E-state index in [1.54, 1.807) is 18.7 Å². The van der Waals surface area contributed by atoms with Crippen molar-refractivity contribution < 1.29 is 14.3 Å². The van der Waals surface area contributed by atoms with E-state index in [0.29, 0.717) is 18.6 Å². The third kappa shape index (κ3) is 3.38. The average Bonchev–Trinajstić information content (AvgIpc) is 2.61. The van der Waals surface area contributed by atoms with Crippen molar-refractivity contribution in [2.45, 2.75) is 43.9 Å². The maximum absolute atomic E-state index is 12.7. The number of carbonyl (C=O) groups excluding carboxylic acids is 2. The van der Waals surface area contributed by atoms with Crippen LogP contribution < -0.4 is 5.32 Å². The molecule has 1 aromatic rings. The van der Waals surface area contributed by atoms with Gasteiger partial charge in [-0.25, -0.2) is 4.79 Å². The Morgan fingerprint density at radius 3 is 2.64 bits per heavy atom. The first kappa shape index (κ1) is 17.8. The second kappa shape index (κ2) is 7.48. The van der Waals surface area contributed by atoms with Crippen LogP contribution in [-0.4, -0.2) is 24.6 Å². The standard InChI is InChI=1S/C20H23NO3S/c1-4-24-20(23)17-12(2)21-15-6-5-7-16(22)19(15)18(17)13-8-10-14(25-3)11-9-13/h8-11,18,21H,4-7H2,1-3H3/t18-/m0/s1. The second-order valence-corrected chi connectivity index (χ2v) is 7.14. The lowest BCUT2D eigenvalue weighted by atomic mass is 9.75. The number of allylic oxidation sites excluding steroid dienone is 3. The van der Waals surface area contributed by atoms with Crippen molar-refractivity contribution in [3.05, 3.63) is 52.4 Å². The largest absolute Gasteiger partial charge is 0.463 e. The van der Waals surface area contributed by atoms with Gasteiger partial charge in [-0.05, 0) is 50.6 Å². The number of carbonyl (C=O) groups is 2. The third-order valence-electron chi connectivity index (χ3n) is 4.72. The monoisotopic (exact) mass is 357 g/mol. The first-order valence-corrected chi connectivity index (χ1v) is 9.84. The lowest BCUT2D eigenvalue weighted by molar-refractivity contribution is -0.138. The molecule has 0 bridgehead atoms. The molecule has 0 amide bonds. The molecule has 3 rings (SSSR count). The van der Waals surface area contributed by atoms with Crippen molar-refractivity contribution in [2.24, 2.45) is 0 Å². The Labute approximate surface area is 152 Å². The zero-order chi connectivity index (χ0) is 18.0. The van der Waals surface area contributed by atoms with E-state index >= 15 is 0 Å². The van der Waals surface area contributed by atoms with Crippen molar-refractivity contribution in [2.75, 3.05) is 12.9 Å². The highest BCUT2D eigenvalue weighted by molar-refractivity contribution is 7.98. The average molecular weight is 357 g/mol. The van der Waals surface area contributed by atoms with Crippen LogP contribution in [0.3, 0.4) is 0 Å². The van der Waals surface area contributed by atoms with Crippen LogP contribution in [0.4, 0.5) is 0 Å². The number of nitrogens with one attached hydrogen (secondary N) is 1. The van der Waals surface area contributed by atoms with Gasteiger partial charge in [-0.15, -0.1) is 11.8 Å². The molecule has 1 aromatic carbocycles. The predicted molar refractivity (Wildman–Crippen MR) is 99.3 cm³/mol. The lowest BCUT2D eigenvalue weighted by Crippen LogP contribution is -2.34. The van der Waals surface area contributed by atoms with E-state index < -0.39 is 0 Å². The molecule has 1 atom stereocenters. The van der Waals surface area contributed by atoms with Crippen molar-refractivity contribution in [3.63, 3.8) is 0 Å². The van der Waals surface area contributed by atoms with Gasteiger partial charge in [0.05, 0.1) is 12.2 Å². The Morgan fingerprint density at radius 1 is 1.28 bits per heavy atom. The van der Waals surface area contributed by atoms with Gasteiger partial charge in [0.2, 0.25) is 0 Å². The molecular weight excluding hydrogens is 334 g/mol. The molecule has 1 heterocycles. The molecule has 25 heavy (non-hydrogen) atoms. The van der Waals surface area contributed by atoms with Gasteiger partial charge >= 0.3 is 5.97 Å². The summed E-state index contributed by atoms with van der Waals surface area (Å²) < 4.78 is 5.29. The van der Waals surface area contributed by atoms with E-state index in [-0.39, 0.29) is 17.7 Å². The minimum Gasteiger partial charge on any atom is -0.463 e. The Bertz CT molecular complexity index is 762. The topological polar surface area (TPSA) is 55.4 Å². The number of rotatable bonds is 4. The van der Waals surface area contributed by atoms with Crippen LogP contribution in [0.2, 0.25) is 0 Å². The van der Waals surface area contributed by atoms with Gasteiger partial charge in [-0.3, -0.25) is 4.79 Å². The number of hydrogen-bond donors (Lipinski definition) is 1. The van der Waals surface area contributed by atoms with Gasteiger partial charge in [-0.1, -0.05) is 12.1 Å². The summed E-state index contributed by atoms with van der Waals surface area (Å²) in [5.41, 5.74) is 3.99. The highest BCUT2D eigenvalue weighted by Gasteiger charge is 2.38. The number of ketones is 1. The van der Waals surface area contributed by atoms with Crippen molar-refractivity contribution in [1.82, 2.24) is 5.32 Å². The van der Waals surface area contributed by atoms with Gasteiger partial charge in [0.15, 0.2) is 5.78 Å². The van der Waals surface area contributed by atoms with Gasteiger partial charge in [0.25, 0.3) is 0 Å². The number of thioether (sulfide) groups is 1. The fourth-order valence-corrected chi connectivity index (χ4v) is 4.00. The minimum absolute atomic E-state index is 0.127. The summed E-state index contributed by atoms with van der Waals surface area (Å²) in [6.45, 7) is 3.99. The summed E-state index contributed by atoms with van der Waals surface area (Å²) in [6, 6.07) is 8.10. The van der Waals surface area contributed by atoms with Gasteiger partial charge in [0.1, 0.15) is 0 Å². The van der Waals surface area contributed by atoms with Crippen molar-refractivity contribution in [1.29, 1.82) is 0 Å². The zero-order valence-corrected chi connectivity index (χ0v) is 15.7. The van der Waals surface area contributed by atoms with E-state index in [4.69, 9.17) is 4.74 Å². The second-order valence-electron chi connectivity index (χ2n) is 6.26. The van der Waals surface area contributed by atoms with Crippen LogP contribution in [0.25, 0.3) is 0 Å². The third-order valence-corrected chi connectivity index (χ3v) is 5.46. The van der Waals surface area contributed by atoms with Crippen molar-refractivity contribution in [3.8, 4) is 0 Å².